The van der Waals surface area contributed by atoms with Crippen molar-refractivity contribution >= 4 is 20.9 Å². The third-order valence-electron chi connectivity index (χ3n) is 2.08. The molecule has 0 saturated carbocycles. The second-order valence-electron chi connectivity index (χ2n) is 3.15. The molecule has 0 saturated heterocycles. The Balaban J connectivity index is 0.00000128. The average Bonchev–Trinajstić information content (AvgIpc) is 2.15. The fraction of sp³-hybridized carbons (Fsp3) is 0. The van der Waals surface area contributed by atoms with Crippen molar-refractivity contribution < 1.29 is 36.0 Å². The van der Waals surface area contributed by atoms with Gasteiger partial charge in [0.2, 0.25) is 0 Å². The normalized spacial score (nSPS) is 11.1. The minimum Gasteiger partial charge on any atom is -0.872 e. The van der Waals surface area contributed by atoms with Crippen LogP contribution >= 0.6 is 0 Å². The summed E-state index contributed by atoms with van der Waals surface area (Å²) in [7, 11) is -4.18. The summed E-state index contributed by atoms with van der Waals surface area (Å²) in [5.74, 6) is -0.137. The van der Waals surface area contributed by atoms with Crippen LogP contribution in [0.1, 0.15) is 1.43 Å². The van der Waals surface area contributed by atoms with E-state index in [0.717, 1.165) is 0 Å². The Hall–Kier alpha value is -1.10. The van der Waals surface area contributed by atoms with E-state index in [9.17, 15) is 13.5 Å². The van der Waals surface area contributed by atoms with Gasteiger partial charge in [-0.1, -0.05) is 24.3 Å². The second kappa shape index (κ2) is 4.41. The first-order chi connectivity index (χ1) is 6.97. The maximum atomic E-state index is 11.0. The molecule has 0 fully saturated rings. The molecule has 0 aliphatic rings. The monoisotopic (exact) mass is 283 g/mol. The molecule has 16 heavy (non-hydrogen) atoms. The van der Waals surface area contributed by atoms with Crippen molar-refractivity contribution in [3.8, 4) is 5.75 Å². The molecule has 1 N–H and O–H groups in total. The van der Waals surface area contributed by atoms with Crippen LogP contribution in [0.15, 0.2) is 41.3 Å². The quantitative estimate of drug-likeness (QED) is 0.634. The van der Waals surface area contributed by atoms with Gasteiger partial charge in [0.1, 0.15) is 0 Å². The number of rotatable bonds is 1. The van der Waals surface area contributed by atoms with E-state index in [0.29, 0.717) is 10.8 Å². The summed E-state index contributed by atoms with van der Waals surface area (Å²) < 4.78 is 30.5. The van der Waals surface area contributed by atoms with Crippen LogP contribution in [-0.2, 0) is 26.6 Å². The van der Waals surface area contributed by atoms with Crippen molar-refractivity contribution in [2.24, 2.45) is 0 Å². The molecule has 90 valence electrons. The number of benzene rings is 2. The van der Waals surface area contributed by atoms with E-state index in [-0.39, 0.29) is 28.6 Å². The van der Waals surface area contributed by atoms with Gasteiger partial charge in [0.25, 0.3) is 10.1 Å². The van der Waals surface area contributed by atoms with E-state index in [2.05, 4.69) is 0 Å². The Labute approximate surface area is 104 Å². The topological polar surface area (TPSA) is 77.4 Å². The smallest absolute Gasteiger partial charge is 0.294 e. The van der Waals surface area contributed by atoms with Crippen LogP contribution in [0.4, 0.5) is 0 Å². The summed E-state index contributed by atoms with van der Waals surface area (Å²) in [6.07, 6.45) is 0. The first-order valence-electron chi connectivity index (χ1n) is 4.15. The molecule has 2 aromatic carbocycles. The summed E-state index contributed by atoms with van der Waals surface area (Å²) in [4.78, 5) is -0.173. The van der Waals surface area contributed by atoms with E-state index in [4.69, 9.17) is 4.55 Å². The van der Waals surface area contributed by atoms with Gasteiger partial charge in [-0.3, -0.25) is 4.55 Å². The van der Waals surface area contributed by atoms with E-state index in [1.807, 2.05) is 0 Å². The van der Waals surface area contributed by atoms with Crippen LogP contribution < -0.4 is 5.11 Å². The van der Waals surface area contributed by atoms with Gasteiger partial charge in [0.15, 0.2) is 0 Å². The molecule has 2 rings (SSSR count). The fourth-order valence-electron chi connectivity index (χ4n) is 1.36. The Bertz CT molecular complexity index is 627. The summed E-state index contributed by atoms with van der Waals surface area (Å²) in [5.41, 5.74) is 0. The van der Waals surface area contributed by atoms with Gasteiger partial charge in [-0.05, 0) is 22.9 Å². The van der Waals surface area contributed by atoms with Crippen LogP contribution in [0.3, 0.4) is 0 Å². The molecule has 0 atom stereocenters. The first kappa shape index (κ1) is 13.0. The van der Waals surface area contributed by atoms with Gasteiger partial charge in [0, 0.05) is 17.9 Å². The van der Waals surface area contributed by atoms with Gasteiger partial charge < -0.3 is 5.11 Å². The maximum Gasteiger partial charge on any atom is 0.294 e. The van der Waals surface area contributed by atoms with E-state index in [1.54, 1.807) is 0 Å². The molecular weight excluding hydrogens is 275 g/mol. The third kappa shape index (κ3) is 2.53. The van der Waals surface area contributed by atoms with E-state index >= 15 is 0 Å². The van der Waals surface area contributed by atoms with Crippen molar-refractivity contribution in [3.63, 3.8) is 0 Å². The van der Waals surface area contributed by atoms with Crippen molar-refractivity contribution in [1.82, 2.24) is 0 Å². The van der Waals surface area contributed by atoms with Crippen LogP contribution in [0, 0.1) is 0 Å². The van der Waals surface area contributed by atoms with Crippen molar-refractivity contribution in [1.29, 1.82) is 0 Å². The van der Waals surface area contributed by atoms with E-state index < -0.39 is 10.1 Å². The predicted octanol–water partition coefficient (Wildman–Crippen LogP) is 1.40. The van der Waals surface area contributed by atoms with Gasteiger partial charge in [0.05, 0.1) is 4.90 Å². The van der Waals surface area contributed by atoms with Crippen LogP contribution in [0.2, 0.25) is 0 Å². The maximum absolute atomic E-state index is 11.0. The molecule has 6 heteroatoms. The molecule has 4 nitrogen and oxygen atoms in total. The summed E-state index contributed by atoms with van der Waals surface area (Å²) in [6, 6.07) is 8.34. The largest absolute Gasteiger partial charge is 0.872 e. The molecule has 2 aromatic rings. The molecule has 0 amide bonds. The minimum absolute atomic E-state index is 0. The zero-order valence-electron chi connectivity index (χ0n) is 7.86. The molecule has 0 aliphatic carbocycles. The van der Waals surface area contributed by atoms with Gasteiger partial charge in [-0.15, -0.1) is 5.75 Å². The fourth-order valence-corrected chi connectivity index (χ4v) is 1.88. The molecule has 0 unspecified atom stereocenters. The first-order valence-corrected chi connectivity index (χ1v) is 5.59. The minimum atomic E-state index is -4.18. The van der Waals surface area contributed by atoms with Gasteiger partial charge in [-0.2, -0.15) is 8.42 Å². The molecule has 0 aromatic heterocycles. The summed E-state index contributed by atoms with van der Waals surface area (Å²) >= 11 is 0. The molecular formula is C10H9NiO4S-. The second-order valence-corrected chi connectivity index (χ2v) is 4.57. The molecule has 0 bridgehead atoms. The molecule has 0 radical (unpaired) electrons. The van der Waals surface area contributed by atoms with Gasteiger partial charge >= 0.3 is 0 Å². The number of fused-ring (bicyclic) bond motifs is 1. The Kier molecular flexibility index (Phi) is 3.58. The Morgan fingerprint density at radius 2 is 1.62 bits per heavy atom. The molecule has 0 heterocycles. The Morgan fingerprint density at radius 3 is 2.25 bits per heavy atom. The number of hydrogen-bond donors (Lipinski definition) is 1. The van der Waals surface area contributed by atoms with Crippen LogP contribution in [-0.4, -0.2) is 13.0 Å². The molecule has 0 spiro atoms. The van der Waals surface area contributed by atoms with E-state index in [1.165, 1.54) is 36.4 Å². The van der Waals surface area contributed by atoms with Crippen LogP contribution in [0.25, 0.3) is 10.8 Å². The predicted molar refractivity (Wildman–Crippen MR) is 55.3 cm³/mol. The average molecular weight is 284 g/mol. The van der Waals surface area contributed by atoms with Crippen LogP contribution in [0.5, 0.6) is 5.75 Å². The standard InChI is InChI=1S/C10H8O4S.Ni.H2/c11-9-3-1-8-6-10(15(12,13)14)4-2-7(8)5-9;;/h1-6,11H,(H,12,13,14);;1H/p-1. The molecule has 0 aliphatic heterocycles. The van der Waals surface area contributed by atoms with Crippen molar-refractivity contribution in [2.75, 3.05) is 0 Å². The summed E-state index contributed by atoms with van der Waals surface area (Å²) in [6.45, 7) is 0. The zero-order chi connectivity index (χ0) is 11.1. The van der Waals surface area contributed by atoms with Crippen molar-refractivity contribution in [3.05, 3.63) is 36.4 Å². The SMILES string of the molecule is O=S(=O)(O)c1ccc2cc([O-])ccc2c1.[HH].[Ni]. The third-order valence-corrected chi connectivity index (χ3v) is 2.93. The zero-order valence-corrected chi connectivity index (χ0v) is 9.66. The van der Waals surface area contributed by atoms with Gasteiger partial charge in [-0.25, -0.2) is 0 Å². The number of hydrogen-bond acceptors (Lipinski definition) is 3. The Morgan fingerprint density at radius 1 is 1.06 bits per heavy atom. The summed E-state index contributed by atoms with van der Waals surface area (Å²) in [5, 5.41) is 12.2. The van der Waals surface area contributed by atoms with Crippen molar-refractivity contribution in [2.45, 2.75) is 4.90 Å².